The van der Waals surface area contributed by atoms with Crippen molar-refractivity contribution < 1.29 is 4.79 Å². The lowest BCUT2D eigenvalue weighted by Gasteiger charge is -2.17. The van der Waals surface area contributed by atoms with Gasteiger partial charge in [0.1, 0.15) is 4.70 Å². The van der Waals surface area contributed by atoms with E-state index in [1.165, 1.54) is 23.1 Å². The minimum Gasteiger partial charge on any atom is -0.315 e. The van der Waals surface area contributed by atoms with E-state index in [1.807, 2.05) is 24.4 Å². The summed E-state index contributed by atoms with van der Waals surface area (Å²) in [6.45, 7) is 2.41. The van der Waals surface area contributed by atoms with Gasteiger partial charge in [-0.25, -0.2) is 4.98 Å². The zero-order valence-corrected chi connectivity index (χ0v) is 16.1. The molecule has 0 saturated carbocycles. The van der Waals surface area contributed by atoms with E-state index in [4.69, 9.17) is 11.6 Å². The molecule has 1 amide bonds. The van der Waals surface area contributed by atoms with Crippen molar-refractivity contribution in [1.29, 1.82) is 0 Å². The standard InChI is InChI=1S/C17H16ClN3O2S2/c1-3-21-16(23)15-13(7-8-24-15)19-17(21)25-10-14(22)20(2)12-6-4-5-11(18)9-12/h4-9H,3,10H2,1-2H3. The molecule has 1 aromatic carbocycles. The SMILES string of the molecule is CCn1c(SCC(=O)N(C)c2cccc(Cl)c2)nc2ccsc2c1=O. The van der Waals surface area contributed by atoms with Crippen molar-refractivity contribution in [3.05, 3.63) is 51.1 Å². The Balaban J connectivity index is 1.80. The third-order valence-corrected chi connectivity index (χ3v) is 5.83. The van der Waals surface area contributed by atoms with Crippen LogP contribution in [0.1, 0.15) is 6.92 Å². The fourth-order valence-corrected chi connectivity index (χ4v) is 4.30. The van der Waals surface area contributed by atoms with Gasteiger partial charge in [-0.3, -0.25) is 14.2 Å². The number of amides is 1. The number of thioether (sulfide) groups is 1. The molecular weight excluding hydrogens is 378 g/mol. The minimum atomic E-state index is -0.0883. The van der Waals surface area contributed by atoms with Crippen molar-refractivity contribution in [3.63, 3.8) is 0 Å². The van der Waals surface area contributed by atoms with Crippen LogP contribution in [0.2, 0.25) is 5.02 Å². The van der Waals surface area contributed by atoms with Gasteiger partial charge in [0.25, 0.3) is 5.56 Å². The van der Waals surface area contributed by atoms with E-state index in [-0.39, 0.29) is 17.2 Å². The normalized spacial score (nSPS) is 11.0. The predicted octanol–water partition coefficient (Wildman–Crippen LogP) is 3.89. The Morgan fingerprint density at radius 3 is 2.92 bits per heavy atom. The van der Waals surface area contributed by atoms with Crippen LogP contribution in [-0.4, -0.2) is 28.3 Å². The molecule has 0 fully saturated rings. The topological polar surface area (TPSA) is 55.2 Å². The van der Waals surface area contributed by atoms with Crippen LogP contribution in [0, 0.1) is 0 Å². The second-order valence-electron chi connectivity index (χ2n) is 5.30. The molecule has 5 nitrogen and oxygen atoms in total. The molecule has 130 valence electrons. The molecule has 2 aromatic heterocycles. The van der Waals surface area contributed by atoms with Gasteiger partial charge in [0, 0.05) is 24.3 Å². The lowest BCUT2D eigenvalue weighted by atomic mass is 10.3. The fraction of sp³-hybridized carbons (Fsp3) is 0.235. The Morgan fingerprint density at radius 1 is 1.40 bits per heavy atom. The van der Waals surface area contributed by atoms with E-state index < -0.39 is 0 Å². The molecule has 0 aliphatic carbocycles. The number of nitrogens with zero attached hydrogens (tertiary/aromatic N) is 3. The van der Waals surface area contributed by atoms with Gasteiger partial charge in [0.2, 0.25) is 5.91 Å². The molecule has 8 heteroatoms. The maximum absolute atomic E-state index is 12.5. The summed E-state index contributed by atoms with van der Waals surface area (Å²) in [6, 6.07) is 8.95. The molecule has 3 aromatic rings. The van der Waals surface area contributed by atoms with Crippen LogP contribution in [0.15, 0.2) is 45.7 Å². The molecule has 0 aliphatic rings. The summed E-state index contributed by atoms with van der Waals surface area (Å²) in [5.74, 6) is 0.0973. The quantitative estimate of drug-likeness (QED) is 0.487. The number of anilines is 1. The first-order valence-corrected chi connectivity index (χ1v) is 9.88. The molecule has 3 rings (SSSR count). The maximum Gasteiger partial charge on any atom is 0.272 e. The number of hydrogen-bond donors (Lipinski definition) is 0. The van der Waals surface area contributed by atoms with Crippen LogP contribution < -0.4 is 10.5 Å². The largest absolute Gasteiger partial charge is 0.315 e. The highest BCUT2D eigenvalue weighted by molar-refractivity contribution is 7.99. The molecule has 25 heavy (non-hydrogen) atoms. The van der Waals surface area contributed by atoms with Crippen molar-refractivity contribution in [3.8, 4) is 0 Å². The first-order valence-electron chi connectivity index (χ1n) is 7.64. The summed E-state index contributed by atoms with van der Waals surface area (Å²) < 4.78 is 2.25. The van der Waals surface area contributed by atoms with Crippen molar-refractivity contribution in [2.45, 2.75) is 18.6 Å². The van der Waals surface area contributed by atoms with Crippen LogP contribution >= 0.6 is 34.7 Å². The van der Waals surface area contributed by atoms with Crippen LogP contribution in [0.3, 0.4) is 0 Å². The number of benzene rings is 1. The van der Waals surface area contributed by atoms with Gasteiger partial charge in [0.05, 0.1) is 11.3 Å². The number of carbonyl (C=O) groups is 1. The minimum absolute atomic E-state index is 0.0550. The van der Waals surface area contributed by atoms with E-state index in [0.29, 0.717) is 26.9 Å². The molecule has 0 aliphatic heterocycles. The number of thiophene rings is 1. The fourth-order valence-electron chi connectivity index (χ4n) is 2.36. The zero-order chi connectivity index (χ0) is 18.0. The summed E-state index contributed by atoms with van der Waals surface area (Å²) in [6.07, 6.45) is 0. The second kappa shape index (κ2) is 7.59. The van der Waals surface area contributed by atoms with Gasteiger partial charge >= 0.3 is 0 Å². The molecule has 0 saturated heterocycles. The van der Waals surface area contributed by atoms with Crippen LogP contribution in [0.5, 0.6) is 0 Å². The average molecular weight is 394 g/mol. The van der Waals surface area contributed by atoms with Crippen molar-refractivity contribution >= 4 is 56.5 Å². The van der Waals surface area contributed by atoms with Gasteiger partial charge in [-0.1, -0.05) is 29.4 Å². The molecule has 0 spiro atoms. The Bertz CT molecular complexity index is 983. The van der Waals surface area contributed by atoms with Gasteiger partial charge < -0.3 is 4.90 Å². The predicted molar refractivity (Wildman–Crippen MR) is 105 cm³/mol. The van der Waals surface area contributed by atoms with Crippen LogP contribution in [-0.2, 0) is 11.3 Å². The Morgan fingerprint density at radius 2 is 2.20 bits per heavy atom. The third kappa shape index (κ3) is 3.73. The lowest BCUT2D eigenvalue weighted by Crippen LogP contribution is -2.28. The summed E-state index contributed by atoms with van der Waals surface area (Å²) in [5.41, 5.74) is 1.35. The smallest absolute Gasteiger partial charge is 0.272 e. The van der Waals surface area contributed by atoms with Crippen molar-refractivity contribution in [2.75, 3.05) is 17.7 Å². The summed E-state index contributed by atoms with van der Waals surface area (Å²) >= 11 is 8.64. The maximum atomic E-state index is 12.5. The van der Waals surface area contributed by atoms with Gasteiger partial charge in [-0.2, -0.15) is 0 Å². The highest BCUT2D eigenvalue weighted by atomic mass is 35.5. The van der Waals surface area contributed by atoms with E-state index >= 15 is 0 Å². The second-order valence-corrected chi connectivity index (χ2v) is 7.60. The van der Waals surface area contributed by atoms with E-state index in [9.17, 15) is 9.59 Å². The van der Waals surface area contributed by atoms with E-state index in [0.717, 1.165) is 5.69 Å². The first-order chi connectivity index (χ1) is 12.0. The van der Waals surface area contributed by atoms with Crippen LogP contribution in [0.25, 0.3) is 10.2 Å². The molecule has 0 unspecified atom stereocenters. The summed E-state index contributed by atoms with van der Waals surface area (Å²) in [7, 11) is 1.71. The molecular formula is C17H16ClN3O2S2. The first kappa shape index (κ1) is 18.0. The van der Waals surface area contributed by atoms with Gasteiger partial charge in [-0.05, 0) is 36.6 Å². The number of fused-ring (bicyclic) bond motifs is 1. The van der Waals surface area contributed by atoms with Crippen molar-refractivity contribution in [1.82, 2.24) is 9.55 Å². The lowest BCUT2D eigenvalue weighted by molar-refractivity contribution is -0.115. The Labute approximate surface area is 158 Å². The van der Waals surface area contributed by atoms with Gasteiger partial charge in [0.15, 0.2) is 5.16 Å². The Kier molecular flexibility index (Phi) is 5.46. The molecule has 2 heterocycles. The summed E-state index contributed by atoms with van der Waals surface area (Å²) in [5, 5.41) is 2.99. The number of aromatic nitrogens is 2. The van der Waals surface area contributed by atoms with Gasteiger partial charge in [-0.15, -0.1) is 11.3 Å². The highest BCUT2D eigenvalue weighted by Gasteiger charge is 2.16. The number of hydrogen-bond acceptors (Lipinski definition) is 5. The van der Waals surface area contributed by atoms with Crippen molar-refractivity contribution in [2.24, 2.45) is 0 Å². The molecule has 0 N–H and O–H groups in total. The Hall–Kier alpha value is -1.83. The van der Waals surface area contributed by atoms with E-state index in [1.54, 1.807) is 34.7 Å². The molecule has 0 bridgehead atoms. The monoisotopic (exact) mass is 393 g/mol. The van der Waals surface area contributed by atoms with Crippen LogP contribution in [0.4, 0.5) is 5.69 Å². The number of rotatable bonds is 5. The molecule has 0 radical (unpaired) electrons. The molecule has 0 atom stereocenters. The van der Waals surface area contributed by atoms with E-state index in [2.05, 4.69) is 4.98 Å². The average Bonchev–Trinajstić information content (AvgIpc) is 3.08. The number of carbonyl (C=O) groups excluding carboxylic acids is 1. The summed E-state index contributed by atoms with van der Waals surface area (Å²) in [4.78, 5) is 31.0. The number of halogens is 1. The zero-order valence-electron chi connectivity index (χ0n) is 13.7. The highest BCUT2D eigenvalue weighted by Crippen LogP contribution is 2.23. The third-order valence-electron chi connectivity index (χ3n) is 3.74.